The lowest BCUT2D eigenvalue weighted by atomic mass is 10.1. The van der Waals surface area contributed by atoms with Crippen molar-refractivity contribution in [2.75, 3.05) is 5.73 Å². The molecule has 0 radical (unpaired) electrons. The molecular weight excluding hydrogens is 252 g/mol. The van der Waals surface area contributed by atoms with Crippen molar-refractivity contribution in [2.24, 2.45) is 7.05 Å². The molecule has 0 aliphatic carbocycles. The molecule has 1 amide bonds. The molecule has 106 valence electrons. The number of carbonyl (C=O) groups excluding carboxylic acids is 1. The number of nitrogens with two attached hydrogens (primary N) is 1. The van der Waals surface area contributed by atoms with E-state index < -0.39 is 0 Å². The van der Waals surface area contributed by atoms with Crippen LogP contribution in [0.1, 0.15) is 40.1 Å². The summed E-state index contributed by atoms with van der Waals surface area (Å²) in [6.07, 6.45) is 1.79. The number of aromatic nitrogens is 2. The number of amides is 1. The Hall–Kier alpha value is -2.30. The number of nitrogens with zero attached hydrogens (tertiary/aromatic N) is 2. The van der Waals surface area contributed by atoms with Gasteiger partial charge in [-0.3, -0.25) is 9.48 Å². The molecule has 5 nitrogen and oxygen atoms in total. The quantitative estimate of drug-likeness (QED) is 0.840. The summed E-state index contributed by atoms with van der Waals surface area (Å²) in [6.45, 7) is 5.82. The molecule has 1 aromatic carbocycles. The van der Waals surface area contributed by atoms with Crippen LogP contribution in [-0.4, -0.2) is 15.7 Å². The van der Waals surface area contributed by atoms with E-state index in [4.69, 9.17) is 5.73 Å². The lowest BCUT2D eigenvalue weighted by molar-refractivity contribution is 0.0940. The molecule has 3 N–H and O–H groups in total. The number of anilines is 1. The fourth-order valence-electron chi connectivity index (χ4n) is 2.12. The van der Waals surface area contributed by atoms with Crippen molar-refractivity contribution in [1.29, 1.82) is 0 Å². The molecule has 1 heterocycles. The van der Waals surface area contributed by atoms with Crippen molar-refractivity contribution in [1.82, 2.24) is 15.1 Å². The zero-order valence-electron chi connectivity index (χ0n) is 12.3. The number of nitrogen functional groups attached to an aromatic ring is 1. The minimum atomic E-state index is -0.108. The lowest BCUT2D eigenvalue weighted by Gasteiger charge is -2.14. The average molecular weight is 272 g/mol. The summed E-state index contributed by atoms with van der Waals surface area (Å²) >= 11 is 0. The smallest absolute Gasteiger partial charge is 0.251 e. The van der Waals surface area contributed by atoms with Gasteiger partial charge in [0.15, 0.2) is 0 Å². The molecule has 0 aliphatic rings. The van der Waals surface area contributed by atoms with E-state index >= 15 is 0 Å². The van der Waals surface area contributed by atoms with Gasteiger partial charge < -0.3 is 11.1 Å². The van der Waals surface area contributed by atoms with Crippen molar-refractivity contribution >= 4 is 11.6 Å². The van der Waals surface area contributed by atoms with Gasteiger partial charge in [-0.25, -0.2) is 0 Å². The monoisotopic (exact) mass is 272 g/mol. The molecule has 1 aromatic heterocycles. The second-order valence-electron chi connectivity index (χ2n) is 5.08. The van der Waals surface area contributed by atoms with E-state index in [0.717, 1.165) is 16.8 Å². The molecule has 0 spiro atoms. The zero-order chi connectivity index (χ0) is 14.9. The topological polar surface area (TPSA) is 72.9 Å². The summed E-state index contributed by atoms with van der Waals surface area (Å²) in [6, 6.07) is 5.20. The normalized spacial score (nSPS) is 12.2. The van der Waals surface area contributed by atoms with Gasteiger partial charge in [0.25, 0.3) is 5.91 Å². The summed E-state index contributed by atoms with van der Waals surface area (Å²) in [4.78, 5) is 12.2. The van der Waals surface area contributed by atoms with Gasteiger partial charge in [0, 0.05) is 29.6 Å². The first-order chi connectivity index (χ1) is 9.40. The van der Waals surface area contributed by atoms with Crippen LogP contribution in [0.4, 0.5) is 5.69 Å². The number of carbonyl (C=O) groups is 1. The molecule has 1 atom stereocenters. The maximum atomic E-state index is 12.2. The first-order valence-corrected chi connectivity index (χ1v) is 6.55. The highest BCUT2D eigenvalue weighted by Crippen LogP contribution is 2.18. The molecule has 0 saturated carbocycles. The summed E-state index contributed by atoms with van der Waals surface area (Å²) in [5.41, 5.74) is 10.0. The lowest BCUT2D eigenvalue weighted by Crippen LogP contribution is -2.27. The van der Waals surface area contributed by atoms with Gasteiger partial charge in [0.05, 0.1) is 12.2 Å². The van der Waals surface area contributed by atoms with Gasteiger partial charge in [-0.1, -0.05) is 0 Å². The van der Waals surface area contributed by atoms with Crippen molar-refractivity contribution < 1.29 is 4.79 Å². The van der Waals surface area contributed by atoms with Gasteiger partial charge in [0.2, 0.25) is 0 Å². The van der Waals surface area contributed by atoms with E-state index in [1.165, 1.54) is 0 Å². The Morgan fingerprint density at radius 3 is 2.65 bits per heavy atom. The van der Waals surface area contributed by atoms with Gasteiger partial charge in [-0.05, 0) is 44.5 Å². The van der Waals surface area contributed by atoms with Crippen LogP contribution in [0.5, 0.6) is 0 Å². The third-order valence-electron chi connectivity index (χ3n) is 3.62. The van der Waals surface area contributed by atoms with Gasteiger partial charge in [-0.15, -0.1) is 0 Å². The largest absolute Gasteiger partial charge is 0.399 e. The van der Waals surface area contributed by atoms with Crippen LogP contribution in [0.2, 0.25) is 0 Å². The van der Waals surface area contributed by atoms with E-state index in [1.54, 1.807) is 29.1 Å². The highest BCUT2D eigenvalue weighted by molar-refractivity contribution is 5.95. The van der Waals surface area contributed by atoms with Crippen LogP contribution < -0.4 is 11.1 Å². The van der Waals surface area contributed by atoms with Gasteiger partial charge in [-0.2, -0.15) is 5.10 Å². The molecule has 0 saturated heterocycles. The van der Waals surface area contributed by atoms with Gasteiger partial charge >= 0.3 is 0 Å². The zero-order valence-corrected chi connectivity index (χ0v) is 12.3. The second-order valence-corrected chi connectivity index (χ2v) is 5.08. The van der Waals surface area contributed by atoms with Crippen molar-refractivity contribution in [3.63, 3.8) is 0 Å². The van der Waals surface area contributed by atoms with Crippen LogP contribution in [0, 0.1) is 13.8 Å². The highest BCUT2D eigenvalue weighted by atomic mass is 16.1. The SMILES string of the molecule is Cc1cc(C(=O)NC(C)c2cnn(C)c2C)ccc1N. The number of rotatable bonds is 3. The summed E-state index contributed by atoms with van der Waals surface area (Å²) in [7, 11) is 1.89. The summed E-state index contributed by atoms with van der Waals surface area (Å²) < 4.78 is 1.80. The maximum Gasteiger partial charge on any atom is 0.251 e. The Balaban J connectivity index is 2.15. The summed E-state index contributed by atoms with van der Waals surface area (Å²) in [5, 5.41) is 7.17. The minimum absolute atomic E-state index is 0.0888. The minimum Gasteiger partial charge on any atom is -0.399 e. The molecule has 0 bridgehead atoms. The van der Waals surface area contributed by atoms with Crippen LogP contribution in [0.25, 0.3) is 0 Å². The maximum absolute atomic E-state index is 12.2. The Morgan fingerprint density at radius 1 is 1.40 bits per heavy atom. The van der Waals surface area contributed by atoms with Crippen LogP contribution in [0.3, 0.4) is 0 Å². The first kappa shape index (κ1) is 14.1. The second kappa shape index (κ2) is 5.36. The van der Waals surface area contributed by atoms with E-state index in [2.05, 4.69) is 10.4 Å². The van der Waals surface area contributed by atoms with Crippen molar-refractivity contribution in [2.45, 2.75) is 26.8 Å². The van der Waals surface area contributed by atoms with E-state index in [9.17, 15) is 4.79 Å². The van der Waals surface area contributed by atoms with Crippen LogP contribution >= 0.6 is 0 Å². The van der Waals surface area contributed by atoms with Crippen molar-refractivity contribution in [3.05, 3.63) is 46.8 Å². The first-order valence-electron chi connectivity index (χ1n) is 6.55. The Labute approximate surface area is 118 Å². The van der Waals surface area contributed by atoms with Crippen LogP contribution in [0.15, 0.2) is 24.4 Å². The fourth-order valence-corrected chi connectivity index (χ4v) is 2.12. The standard InChI is InChI=1S/C15H20N4O/c1-9-7-12(5-6-14(9)16)15(20)18-10(2)13-8-17-19(4)11(13)3/h5-8,10H,16H2,1-4H3,(H,18,20). The molecule has 0 fully saturated rings. The van der Waals surface area contributed by atoms with Crippen LogP contribution in [-0.2, 0) is 7.05 Å². The fraction of sp³-hybridized carbons (Fsp3) is 0.333. The number of hydrogen-bond acceptors (Lipinski definition) is 3. The van der Waals surface area contributed by atoms with E-state index in [1.807, 2.05) is 27.8 Å². The molecule has 0 aliphatic heterocycles. The van der Waals surface area contributed by atoms with Crippen molar-refractivity contribution in [3.8, 4) is 0 Å². The molecule has 1 unspecified atom stereocenters. The average Bonchev–Trinajstić information content (AvgIpc) is 2.73. The predicted molar refractivity (Wildman–Crippen MR) is 79.4 cm³/mol. The third kappa shape index (κ3) is 2.66. The number of aryl methyl sites for hydroxylation is 2. The van der Waals surface area contributed by atoms with E-state index in [0.29, 0.717) is 11.3 Å². The Kier molecular flexibility index (Phi) is 3.79. The molecule has 2 rings (SSSR count). The summed E-state index contributed by atoms with van der Waals surface area (Å²) in [5.74, 6) is -0.108. The number of nitrogens with one attached hydrogen (secondary N) is 1. The molecule has 5 heteroatoms. The molecule has 20 heavy (non-hydrogen) atoms. The molecular formula is C15H20N4O. The predicted octanol–water partition coefficient (Wildman–Crippen LogP) is 2.11. The third-order valence-corrected chi connectivity index (χ3v) is 3.62. The highest BCUT2D eigenvalue weighted by Gasteiger charge is 2.15. The van der Waals surface area contributed by atoms with Gasteiger partial charge in [0.1, 0.15) is 0 Å². The molecule has 2 aromatic rings. The van der Waals surface area contributed by atoms with E-state index in [-0.39, 0.29) is 11.9 Å². The number of benzene rings is 1. The number of hydrogen-bond donors (Lipinski definition) is 2. The Morgan fingerprint density at radius 2 is 2.10 bits per heavy atom. The Bertz CT molecular complexity index is 645.